The summed E-state index contributed by atoms with van der Waals surface area (Å²) in [4.78, 5) is 0. The summed E-state index contributed by atoms with van der Waals surface area (Å²) >= 11 is 0. The van der Waals surface area contributed by atoms with Gasteiger partial charge in [0.2, 0.25) is 0 Å². The predicted octanol–water partition coefficient (Wildman–Crippen LogP) is 8.61. The van der Waals surface area contributed by atoms with Crippen LogP contribution in [-0.4, -0.2) is 15.8 Å². The van der Waals surface area contributed by atoms with E-state index in [1.54, 1.807) is 0 Å². The fourth-order valence-corrected chi connectivity index (χ4v) is 8.13. The average Bonchev–Trinajstić information content (AvgIpc) is 3.65. The van der Waals surface area contributed by atoms with Crippen LogP contribution in [-0.2, 0) is 0 Å². The molecule has 0 N–H and O–H groups in total. The molecule has 0 radical (unpaired) electrons. The number of nitrogens with zero attached hydrogens (tertiary/aromatic N) is 2. The highest BCUT2D eigenvalue weighted by molar-refractivity contribution is 6.98. The highest BCUT2D eigenvalue weighted by Gasteiger charge is 2.41. The number of aromatic nitrogens is 2. The lowest BCUT2D eigenvalue weighted by molar-refractivity contribution is 0.467. The molecule has 2 aliphatic rings. The zero-order chi connectivity index (χ0) is 30.6. The number of hydrogen-bond acceptors (Lipinski definition) is 2. The first kappa shape index (κ1) is 25.0. The molecule has 0 fully saturated rings. The Morgan fingerprint density at radius 1 is 0.404 bits per heavy atom. The summed E-state index contributed by atoms with van der Waals surface area (Å²) in [6.07, 6.45) is 0. The molecule has 0 aliphatic carbocycles. The summed E-state index contributed by atoms with van der Waals surface area (Å²) in [6, 6.07) is 53.8. The molecular formula is C42H25BN2O2. The number of fused-ring (bicyclic) bond motifs is 11. The van der Waals surface area contributed by atoms with E-state index in [2.05, 4.69) is 161 Å². The van der Waals surface area contributed by atoms with Gasteiger partial charge in [-0.05, 0) is 53.4 Å². The van der Waals surface area contributed by atoms with E-state index >= 15 is 0 Å². The van der Waals surface area contributed by atoms with Gasteiger partial charge in [-0.3, -0.25) is 0 Å². The Labute approximate surface area is 270 Å². The number of rotatable bonds is 2. The molecule has 7 aromatic carbocycles. The minimum absolute atomic E-state index is 0.0239. The van der Waals surface area contributed by atoms with E-state index in [4.69, 9.17) is 9.47 Å². The Bertz CT molecular complexity index is 2710. The summed E-state index contributed by atoms with van der Waals surface area (Å²) < 4.78 is 18.6. The van der Waals surface area contributed by atoms with Crippen molar-refractivity contribution in [3.63, 3.8) is 0 Å². The summed E-state index contributed by atoms with van der Waals surface area (Å²) in [5.74, 6) is 3.46. The predicted molar refractivity (Wildman–Crippen MR) is 193 cm³/mol. The first-order chi connectivity index (χ1) is 23.3. The molecule has 4 heterocycles. The quantitative estimate of drug-likeness (QED) is 0.186. The van der Waals surface area contributed by atoms with Crippen LogP contribution in [0, 0.1) is 0 Å². The zero-order valence-corrected chi connectivity index (χ0v) is 25.2. The summed E-state index contributed by atoms with van der Waals surface area (Å²) in [7, 11) is 0. The largest absolute Gasteiger partial charge is 0.458 e. The second-order valence-corrected chi connectivity index (χ2v) is 12.5. The molecule has 2 aromatic heterocycles. The van der Waals surface area contributed by atoms with Crippen molar-refractivity contribution in [2.24, 2.45) is 0 Å². The van der Waals surface area contributed by atoms with Crippen molar-refractivity contribution >= 4 is 66.7 Å². The molecule has 218 valence electrons. The Kier molecular flexibility index (Phi) is 4.89. The molecule has 9 aromatic rings. The topological polar surface area (TPSA) is 28.3 Å². The Hall–Kier alpha value is -6.20. The van der Waals surface area contributed by atoms with E-state index in [-0.39, 0.29) is 6.71 Å². The maximum Gasteiger partial charge on any atom is 0.260 e. The third-order valence-corrected chi connectivity index (χ3v) is 10.0. The highest BCUT2D eigenvalue weighted by atomic mass is 16.5. The van der Waals surface area contributed by atoms with Crippen molar-refractivity contribution in [1.29, 1.82) is 0 Å². The number of ether oxygens (including phenoxy) is 2. The van der Waals surface area contributed by atoms with Crippen molar-refractivity contribution in [3.05, 3.63) is 152 Å². The van der Waals surface area contributed by atoms with Crippen LogP contribution in [0.15, 0.2) is 152 Å². The van der Waals surface area contributed by atoms with Crippen molar-refractivity contribution < 1.29 is 9.47 Å². The van der Waals surface area contributed by atoms with E-state index in [9.17, 15) is 0 Å². The highest BCUT2D eigenvalue weighted by Crippen LogP contribution is 2.44. The smallest absolute Gasteiger partial charge is 0.260 e. The van der Waals surface area contributed by atoms with Crippen molar-refractivity contribution in [2.45, 2.75) is 0 Å². The molecule has 0 amide bonds. The molecule has 0 atom stereocenters. The average molecular weight is 600 g/mol. The van der Waals surface area contributed by atoms with Gasteiger partial charge in [-0.1, -0.05) is 97.1 Å². The lowest BCUT2D eigenvalue weighted by Gasteiger charge is -2.33. The lowest BCUT2D eigenvalue weighted by atomic mass is 9.34. The zero-order valence-electron chi connectivity index (χ0n) is 25.2. The van der Waals surface area contributed by atoms with Gasteiger partial charge in [0.05, 0.1) is 33.1 Å². The third-order valence-electron chi connectivity index (χ3n) is 10.0. The third kappa shape index (κ3) is 3.32. The Morgan fingerprint density at radius 3 is 1.72 bits per heavy atom. The van der Waals surface area contributed by atoms with E-state index in [0.29, 0.717) is 0 Å². The van der Waals surface area contributed by atoms with E-state index < -0.39 is 0 Å². The van der Waals surface area contributed by atoms with Gasteiger partial charge in [0.25, 0.3) is 6.71 Å². The van der Waals surface area contributed by atoms with Crippen molar-refractivity contribution in [2.75, 3.05) is 0 Å². The van der Waals surface area contributed by atoms with Gasteiger partial charge < -0.3 is 18.6 Å². The van der Waals surface area contributed by atoms with Crippen LogP contribution in [0.2, 0.25) is 0 Å². The first-order valence-corrected chi connectivity index (χ1v) is 16.1. The van der Waals surface area contributed by atoms with Crippen LogP contribution >= 0.6 is 0 Å². The SMILES string of the molecule is c1ccc(-n2c3ccccc3c3c4c(ccc32)B2c3ccccc3Oc3cc(-n5c6ccccc6c6ccccc65)cc(c32)O4)cc1. The van der Waals surface area contributed by atoms with Gasteiger partial charge in [-0.25, -0.2) is 0 Å². The van der Waals surface area contributed by atoms with Crippen LogP contribution in [0.5, 0.6) is 23.0 Å². The number of para-hydroxylation sites is 5. The molecule has 11 rings (SSSR count). The van der Waals surface area contributed by atoms with E-state index in [1.807, 2.05) is 0 Å². The van der Waals surface area contributed by atoms with E-state index in [0.717, 1.165) is 78.2 Å². The fourth-order valence-electron chi connectivity index (χ4n) is 8.13. The molecule has 0 saturated heterocycles. The molecule has 5 heteroatoms. The molecule has 47 heavy (non-hydrogen) atoms. The number of benzene rings is 7. The van der Waals surface area contributed by atoms with Gasteiger partial charge >= 0.3 is 0 Å². The van der Waals surface area contributed by atoms with Crippen LogP contribution < -0.4 is 25.9 Å². The van der Waals surface area contributed by atoms with Gasteiger partial charge in [0.1, 0.15) is 23.0 Å². The normalized spacial score (nSPS) is 13.0. The molecule has 0 bridgehead atoms. The maximum absolute atomic E-state index is 7.17. The minimum atomic E-state index is -0.0239. The summed E-state index contributed by atoms with van der Waals surface area (Å²) in [5.41, 5.74) is 10.1. The molecule has 0 spiro atoms. The molecule has 2 aliphatic heterocycles. The Balaban J connectivity index is 1.23. The maximum atomic E-state index is 7.17. The Morgan fingerprint density at radius 2 is 0.979 bits per heavy atom. The molecule has 0 saturated carbocycles. The monoisotopic (exact) mass is 600 g/mol. The fraction of sp³-hybridized carbons (Fsp3) is 0. The first-order valence-electron chi connectivity index (χ1n) is 16.1. The summed E-state index contributed by atoms with van der Waals surface area (Å²) in [5, 5.41) is 4.74. The van der Waals surface area contributed by atoms with Crippen molar-refractivity contribution in [1.82, 2.24) is 9.13 Å². The molecule has 0 unspecified atom stereocenters. The van der Waals surface area contributed by atoms with E-state index in [1.165, 1.54) is 16.2 Å². The summed E-state index contributed by atoms with van der Waals surface area (Å²) in [6.45, 7) is -0.0239. The van der Waals surface area contributed by atoms with Crippen molar-refractivity contribution in [3.8, 4) is 34.4 Å². The molecular weight excluding hydrogens is 575 g/mol. The second-order valence-electron chi connectivity index (χ2n) is 12.5. The number of hydrogen-bond donors (Lipinski definition) is 0. The molecule has 4 nitrogen and oxygen atoms in total. The van der Waals surface area contributed by atoms with Gasteiger partial charge in [0.15, 0.2) is 0 Å². The van der Waals surface area contributed by atoms with Gasteiger partial charge in [0, 0.05) is 39.4 Å². The lowest BCUT2D eigenvalue weighted by Crippen LogP contribution is -2.57. The second kappa shape index (κ2) is 9.18. The van der Waals surface area contributed by atoms with Crippen LogP contribution in [0.1, 0.15) is 0 Å². The van der Waals surface area contributed by atoms with Gasteiger partial charge in [-0.2, -0.15) is 0 Å². The van der Waals surface area contributed by atoms with Crippen LogP contribution in [0.3, 0.4) is 0 Å². The standard InChI is InChI=1S/C42H25BN2O2/c1-2-12-26(13-3-1)44-35-20-10-6-16-30(35)40-36(44)23-22-32-42(40)47-39-25-27(24-38-41(39)43(32)31-17-7-11-21-37(31)46-38)45-33-18-8-4-14-28(33)29-15-5-9-19-34(29)45/h1-25H. The van der Waals surface area contributed by atoms with Crippen LogP contribution in [0.25, 0.3) is 55.0 Å². The van der Waals surface area contributed by atoms with Gasteiger partial charge in [-0.15, -0.1) is 0 Å². The minimum Gasteiger partial charge on any atom is -0.458 e. The van der Waals surface area contributed by atoms with Crippen LogP contribution in [0.4, 0.5) is 0 Å².